The zero-order valence-corrected chi connectivity index (χ0v) is 12.7. The van der Waals surface area contributed by atoms with Gasteiger partial charge in [0.25, 0.3) is 0 Å². The maximum atomic E-state index is 11.2. The molecule has 20 heavy (non-hydrogen) atoms. The first kappa shape index (κ1) is 16.5. The van der Waals surface area contributed by atoms with Gasteiger partial charge in [0, 0.05) is 12.6 Å². The normalized spacial score (nSPS) is 12.8. The Morgan fingerprint density at radius 3 is 2.35 bits per heavy atom. The number of carbonyl (C=O) groups is 1. The van der Waals surface area contributed by atoms with E-state index in [1.807, 2.05) is 12.1 Å². The van der Waals surface area contributed by atoms with Crippen LogP contribution in [0.15, 0.2) is 24.3 Å². The Kier molecular flexibility index (Phi) is 6.52. The van der Waals surface area contributed by atoms with Crippen molar-refractivity contribution in [2.45, 2.75) is 39.7 Å². The number of rotatable bonds is 8. The van der Waals surface area contributed by atoms with E-state index in [1.54, 1.807) is 12.1 Å². The average Bonchev–Trinajstić information content (AvgIpc) is 2.36. The molecule has 112 valence electrons. The second kappa shape index (κ2) is 7.90. The molecule has 4 heteroatoms. The number of aryl methyl sites for hydroxylation is 1. The second-order valence-electron chi connectivity index (χ2n) is 5.84. The molecular formula is C16H26N2O2. The van der Waals surface area contributed by atoms with Gasteiger partial charge in [-0.25, -0.2) is 0 Å². The highest BCUT2D eigenvalue weighted by Gasteiger charge is 2.17. The highest BCUT2D eigenvalue weighted by Crippen LogP contribution is 2.14. The fourth-order valence-corrected chi connectivity index (χ4v) is 2.29. The van der Waals surface area contributed by atoms with Gasteiger partial charge in [-0.3, -0.25) is 9.69 Å². The maximum absolute atomic E-state index is 11.2. The molecule has 0 aliphatic rings. The van der Waals surface area contributed by atoms with Crippen molar-refractivity contribution in [2.24, 2.45) is 11.7 Å². The van der Waals surface area contributed by atoms with Gasteiger partial charge in [0.2, 0.25) is 5.91 Å². The summed E-state index contributed by atoms with van der Waals surface area (Å²) in [7, 11) is 0. The fourth-order valence-electron chi connectivity index (χ4n) is 2.29. The van der Waals surface area contributed by atoms with Gasteiger partial charge in [0.05, 0.1) is 6.54 Å². The van der Waals surface area contributed by atoms with E-state index < -0.39 is 0 Å². The van der Waals surface area contributed by atoms with E-state index in [1.165, 1.54) is 5.56 Å². The van der Waals surface area contributed by atoms with Gasteiger partial charge in [0.15, 0.2) is 0 Å². The number of amides is 1. The highest BCUT2D eigenvalue weighted by atomic mass is 16.3. The molecule has 0 saturated carbocycles. The van der Waals surface area contributed by atoms with Crippen molar-refractivity contribution < 1.29 is 9.90 Å². The predicted molar refractivity (Wildman–Crippen MR) is 81.5 cm³/mol. The Labute approximate surface area is 121 Å². The number of nitrogens with zero attached hydrogens (tertiary/aromatic N) is 1. The Hall–Kier alpha value is -1.55. The molecule has 4 nitrogen and oxygen atoms in total. The van der Waals surface area contributed by atoms with Crippen LogP contribution >= 0.6 is 0 Å². The smallest absolute Gasteiger partial charge is 0.231 e. The molecule has 1 aromatic rings. The van der Waals surface area contributed by atoms with Crippen LogP contribution in [0.5, 0.6) is 5.75 Å². The Bertz CT molecular complexity index is 415. The molecule has 0 aliphatic carbocycles. The molecule has 1 rings (SSSR count). The van der Waals surface area contributed by atoms with Gasteiger partial charge in [-0.1, -0.05) is 26.0 Å². The minimum atomic E-state index is -0.276. The first-order valence-electron chi connectivity index (χ1n) is 7.18. The first-order chi connectivity index (χ1) is 9.38. The number of carbonyl (C=O) groups excluding carboxylic acids is 1. The van der Waals surface area contributed by atoms with Gasteiger partial charge in [-0.05, 0) is 43.4 Å². The van der Waals surface area contributed by atoms with Gasteiger partial charge in [-0.2, -0.15) is 0 Å². The van der Waals surface area contributed by atoms with Crippen molar-refractivity contribution >= 4 is 5.91 Å². The van der Waals surface area contributed by atoms with Crippen molar-refractivity contribution in [1.82, 2.24) is 4.90 Å². The molecule has 3 N–H and O–H groups in total. The van der Waals surface area contributed by atoms with Crippen LogP contribution in [0.25, 0.3) is 0 Å². The topological polar surface area (TPSA) is 66.6 Å². The standard InChI is InChI=1S/C16H26N2O2/c1-12(2)10-18(11-16(17)20)13(3)4-5-14-6-8-15(19)9-7-14/h6-9,12-13,19H,4-5,10-11H2,1-3H3,(H2,17,20). The number of hydrogen-bond acceptors (Lipinski definition) is 3. The van der Waals surface area contributed by atoms with Gasteiger partial charge in [0.1, 0.15) is 5.75 Å². The second-order valence-corrected chi connectivity index (χ2v) is 5.84. The van der Waals surface area contributed by atoms with Crippen LogP contribution in [0, 0.1) is 5.92 Å². The molecule has 0 bridgehead atoms. The molecule has 1 atom stereocenters. The molecule has 1 unspecified atom stereocenters. The van der Waals surface area contributed by atoms with Crippen molar-refractivity contribution in [3.05, 3.63) is 29.8 Å². The van der Waals surface area contributed by atoms with E-state index in [2.05, 4.69) is 25.7 Å². The van der Waals surface area contributed by atoms with Crippen LogP contribution < -0.4 is 5.73 Å². The third-order valence-corrected chi connectivity index (χ3v) is 3.37. The summed E-state index contributed by atoms with van der Waals surface area (Å²) in [5.74, 6) is 0.518. The number of phenolic OH excluding ortho intramolecular Hbond substituents is 1. The fraction of sp³-hybridized carbons (Fsp3) is 0.562. The number of benzene rings is 1. The molecule has 1 aromatic carbocycles. The van der Waals surface area contributed by atoms with Gasteiger partial charge < -0.3 is 10.8 Å². The minimum absolute atomic E-state index is 0.276. The largest absolute Gasteiger partial charge is 0.508 e. The van der Waals surface area contributed by atoms with Crippen molar-refractivity contribution in [2.75, 3.05) is 13.1 Å². The molecule has 0 spiro atoms. The van der Waals surface area contributed by atoms with E-state index in [-0.39, 0.29) is 11.7 Å². The third-order valence-electron chi connectivity index (χ3n) is 3.37. The first-order valence-corrected chi connectivity index (χ1v) is 7.18. The SMILES string of the molecule is CC(C)CN(CC(N)=O)C(C)CCc1ccc(O)cc1. The van der Waals surface area contributed by atoms with Crippen LogP contribution in [0.4, 0.5) is 0 Å². The predicted octanol–water partition coefficient (Wildman–Crippen LogP) is 2.16. The number of phenols is 1. The number of aromatic hydroxyl groups is 1. The molecule has 0 fully saturated rings. The molecule has 0 heterocycles. The molecular weight excluding hydrogens is 252 g/mol. The molecule has 1 amide bonds. The van der Waals surface area contributed by atoms with Crippen LogP contribution in [0.1, 0.15) is 32.8 Å². The van der Waals surface area contributed by atoms with E-state index in [0.29, 0.717) is 18.5 Å². The third kappa shape index (κ3) is 6.06. The van der Waals surface area contributed by atoms with Gasteiger partial charge >= 0.3 is 0 Å². The lowest BCUT2D eigenvalue weighted by Gasteiger charge is -2.29. The van der Waals surface area contributed by atoms with Gasteiger partial charge in [-0.15, -0.1) is 0 Å². The average molecular weight is 278 g/mol. The summed E-state index contributed by atoms with van der Waals surface area (Å²) in [5, 5.41) is 9.26. The van der Waals surface area contributed by atoms with Crippen molar-refractivity contribution in [3.8, 4) is 5.75 Å². The van der Waals surface area contributed by atoms with Crippen molar-refractivity contribution in [1.29, 1.82) is 0 Å². The maximum Gasteiger partial charge on any atom is 0.231 e. The molecule has 0 aliphatic heterocycles. The summed E-state index contributed by atoms with van der Waals surface area (Å²) in [6.45, 7) is 7.60. The molecule has 0 aromatic heterocycles. The van der Waals surface area contributed by atoms with Crippen LogP contribution in [0.3, 0.4) is 0 Å². The summed E-state index contributed by atoms with van der Waals surface area (Å²) in [6.07, 6.45) is 1.89. The molecule has 0 radical (unpaired) electrons. The van der Waals surface area contributed by atoms with Crippen LogP contribution in [-0.4, -0.2) is 35.0 Å². The quantitative estimate of drug-likeness (QED) is 0.765. The van der Waals surface area contributed by atoms with E-state index in [4.69, 9.17) is 5.73 Å². The van der Waals surface area contributed by atoms with Crippen LogP contribution in [-0.2, 0) is 11.2 Å². The monoisotopic (exact) mass is 278 g/mol. The Morgan fingerprint density at radius 1 is 1.25 bits per heavy atom. The zero-order chi connectivity index (χ0) is 15.1. The number of nitrogens with two attached hydrogens (primary N) is 1. The van der Waals surface area contributed by atoms with E-state index in [9.17, 15) is 9.90 Å². The minimum Gasteiger partial charge on any atom is -0.508 e. The highest BCUT2D eigenvalue weighted by molar-refractivity contribution is 5.75. The number of hydrogen-bond donors (Lipinski definition) is 2. The Morgan fingerprint density at radius 2 is 1.85 bits per heavy atom. The lowest BCUT2D eigenvalue weighted by Crippen LogP contribution is -2.42. The summed E-state index contributed by atoms with van der Waals surface area (Å²) in [4.78, 5) is 13.3. The molecule has 0 saturated heterocycles. The lowest BCUT2D eigenvalue weighted by molar-refractivity contribution is -0.119. The van der Waals surface area contributed by atoms with E-state index >= 15 is 0 Å². The summed E-state index contributed by atoms with van der Waals surface area (Å²) in [6, 6.07) is 7.58. The van der Waals surface area contributed by atoms with E-state index in [0.717, 1.165) is 19.4 Å². The zero-order valence-electron chi connectivity index (χ0n) is 12.7. The lowest BCUT2D eigenvalue weighted by atomic mass is 10.0. The Balaban J connectivity index is 2.54. The van der Waals surface area contributed by atoms with Crippen molar-refractivity contribution in [3.63, 3.8) is 0 Å². The summed E-state index contributed by atoms with van der Waals surface area (Å²) >= 11 is 0. The summed E-state index contributed by atoms with van der Waals surface area (Å²) < 4.78 is 0. The van der Waals surface area contributed by atoms with Crippen LogP contribution in [0.2, 0.25) is 0 Å². The number of primary amides is 1. The summed E-state index contributed by atoms with van der Waals surface area (Å²) in [5.41, 5.74) is 6.52.